The Kier molecular flexibility index (Phi) is 51.4. The van der Waals surface area contributed by atoms with Crippen LogP contribution in [-0.4, -0.2) is 90.3 Å². The first kappa shape index (κ1) is 68.7. The van der Waals surface area contributed by atoms with Gasteiger partial charge in [0.2, 0.25) is 11.8 Å². The van der Waals surface area contributed by atoms with E-state index < -0.39 is 0 Å². The van der Waals surface area contributed by atoms with Gasteiger partial charge in [0.25, 0.3) is 0 Å². The third-order valence-corrected chi connectivity index (χ3v) is 9.71. The van der Waals surface area contributed by atoms with Gasteiger partial charge in [-0.05, 0) is 77.2 Å². The minimum absolute atomic E-state index is 0. The van der Waals surface area contributed by atoms with Crippen LogP contribution in [0.3, 0.4) is 0 Å². The van der Waals surface area contributed by atoms with Gasteiger partial charge in [-0.3, -0.25) is 14.5 Å². The molecule has 1 aromatic heterocycles. The van der Waals surface area contributed by atoms with Crippen molar-refractivity contribution >= 4 is 17.6 Å². The van der Waals surface area contributed by atoms with Gasteiger partial charge in [-0.15, -0.1) is 5.11 Å². The van der Waals surface area contributed by atoms with Crippen molar-refractivity contribution < 1.29 is 24.2 Å². The second-order valence-electron chi connectivity index (χ2n) is 13.8. The molecule has 342 valence electrons. The van der Waals surface area contributed by atoms with Crippen molar-refractivity contribution in [2.75, 3.05) is 39.5 Å². The molecule has 0 aliphatic carbocycles. The summed E-state index contributed by atoms with van der Waals surface area (Å²) in [6.07, 6.45) is 11.0. The molecule has 4 rings (SSSR count). The number of aromatic nitrogens is 1. The molecule has 3 aliphatic heterocycles. The summed E-state index contributed by atoms with van der Waals surface area (Å²) in [4.78, 5) is 29.8. The normalized spacial score (nSPS) is 16.8. The van der Waals surface area contributed by atoms with E-state index in [4.69, 9.17) is 15.6 Å². The first-order valence-electron chi connectivity index (χ1n) is 19.8. The fourth-order valence-corrected chi connectivity index (χ4v) is 4.50. The molecule has 12 nitrogen and oxygen atoms in total. The molecule has 2 saturated heterocycles. The summed E-state index contributed by atoms with van der Waals surface area (Å²) in [7, 11) is 0. The van der Waals surface area contributed by atoms with Crippen LogP contribution in [0.2, 0.25) is 0 Å². The average molecular weight is 816 g/mol. The lowest BCUT2D eigenvalue weighted by atomic mass is 10.0. The first-order chi connectivity index (χ1) is 24.6. The van der Waals surface area contributed by atoms with Gasteiger partial charge in [0.05, 0.1) is 19.3 Å². The maximum Gasteiger partial charge on any atom is 0.222 e. The summed E-state index contributed by atoms with van der Waals surface area (Å²) in [5.74, 6) is 2.13. The number of ether oxygens (including phenoxy) is 1. The number of amides is 2. The number of likely N-dealkylation sites (tertiary alicyclic amines) is 1. The van der Waals surface area contributed by atoms with E-state index in [1.54, 1.807) is 19.3 Å². The van der Waals surface area contributed by atoms with E-state index in [9.17, 15) is 14.8 Å². The Hall–Kier alpha value is -2.96. The molecular weight excluding hydrogens is 719 g/mol. The molecule has 3 aliphatic rings. The number of aliphatic hydroxyl groups excluding tert-OH is 1. The Morgan fingerprint density at radius 3 is 1.61 bits per heavy atom. The molecule has 6 unspecified atom stereocenters. The van der Waals surface area contributed by atoms with Crippen molar-refractivity contribution in [2.24, 2.45) is 32.8 Å². The van der Waals surface area contributed by atoms with Gasteiger partial charge in [-0.2, -0.15) is 9.84 Å². The van der Waals surface area contributed by atoms with Crippen LogP contribution in [0.25, 0.3) is 0 Å². The largest absolute Gasteiger partial charge is 0.619 e. The maximum absolute atomic E-state index is 11.1. The molecular formula is C45H97N7O5. The van der Waals surface area contributed by atoms with Crippen LogP contribution in [0.4, 0.5) is 0 Å². The van der Waals surface area contributed by atoms with Crippen molar-refractivity contribution in [2.45, 2.75) is 196 Å². The standard InChI is InChI=1S/C9H13NO.C8H17NO.C8H15NO.C6H11N3.C5H11NO.C4H10O.5CH4/c1-3-8(2)9-4-6-10(11)7-5-9;1-3-8(2)9-4-6-10-7-5-9;1-3-7(2)9-6-4-5-8(9)10;1-3-5(2)6-7-4-8-9-6;1-3-4(2)5(6)7;1-3-4(2)5;;;;;/h4-8H,3H2,1-2H3;8H,3-7H2,1-2H3;7H,3-6H2,1-2H3;5H,3-4H2,1-2H3;4H,3H2,1-2H3,(H2,6,7);4-5H,3H2,1-2H3;5*1H4. The van der Waals surface area contributed by atoms with E-state index in [2.05, 4.69) is 75.5 Å². The number of carbonyl (C=O) groups is 2. The zero-order valence-electron chi connectivity index (χ0n) is 35.0. The van der Waals surface area contributed by atoms with Gasteiger partial charge in [-0.1, -0.05) is 99.4 Å². The lowest BCUT2D eigenvalue weighted by molar-refractivity contribution is -0.605. The van der Waals surface area contributed by atoms with Crippen LogP contribution < -0.4 is 10.5 Å². The molecule has 0 radical (unpaired) electrons. The van der Waals surface area contributed by atoms with Crippen molar-refractivity contribution in [1.82, 2.24) is 9.80 Å². The van der Waals surface area contributed by atoms with Crippen LogP contribution in [-0.2, 0) is 14.3 Å². The number of azo groups is 1. The average Bonchev–Trinajstić information content (AvgIpc) is 3.87. The second-order valence-corrected chi connectivity index (χ2v) is 13.8. The highest BCUT2D eigenvalue weighted by molar-refractivity contribution is 5.85. The Bertz CT molecular complexity index is 1100. The molecule has 3 N–H and O–H groups in total. The van der Waals surface area contributed by atoms with E-state index >= 15 is 0 Å². The molecule has 0 spiro atoms. The SMILES string of the molecule is C.C.C.C.C.CCC(C)C(N)=O.CCC(C)C1=NCN=N1.CCC(C)N1CCCC1=O.CCC(C)N1CCOCC1.CCC(C)O.CCC(C)c1cc[n+]([O-])cc1. The van der Waals surface area contributed by atoms with Gasteiger partial charge >= 0.3 is 0 Å². The van der Waals surface area contributed by atoms with Gasteiger partial charge in [0.1, 0.15) is 0 Å². The summed E-state index contributed by atoms with van der Waals surface area (Å²) in [5, 5.41) is 26.6. The molecule has 12 heteroatoms. The lowest BCUT2D eigenvalue weighted by Crippen LogP contribution is -2.41. The first-order valence-corrected chi connectivity index (χ1v) is 19.8. The number of aliphatic hydroxyl groups is 1. The molecule has 2 amide bonds. The predicted octanol–water partition coefficient (Wildman–Crippen LogP) is 10.7. The van der Waals surface area contributed by atoms with E-state index in [0.717, 1.165) is 94.4 Å². The number of hydrogen-bond acceptors (Lipinski definition) is 9. The molecule has 6 atom stereocenters. The molecule has 57 heavy (non-hydrogen) atoms. The highest BCUT2D eigenvalue weighted by atomic mass is 16.5. The molecule has 0 bridgehead atoms. The predicted molar refractivity (Wildman–Crippen MR) is 248 cm³/mol. The van der Waals surface area contributed by atoms with E-state index in [1.807, 2.05) is 37.8 Å². The number of carbonyl (C=O) groups excluding carboxylic acids is 2. The van der Waals surface area contributed by atoms with Crippen LogP contribution in [0.1, 0.15) is 183 Å². The quantitative estimate of drug-likeness (QED) is 0.167. The van der Waals surface area contributed by atoms with Crippen LogP contribution >= 0.6 is 0 Å². The number of pyridine rings is 1. The summed E-state index contributed by atoms with van der Waals surface area (Å²) in [6.45, 7) is 30.4. The number of aliphatic imine (C=N–C) groups is 1. The summed E-state index contributed by atoms with van der Waals surface area (Å²) in [5.41, 5.74) is 6.14. The zero-order valence-corrected chi connectivity index (χ0v) is 35.0. The minimum atomic E-state index is -0.206. The van der Waals surface area contributed by atoms with E-state index in [0.29, 0.717) is 30.5 Å². The molecule has 2 fully saturated rings. The van der Waals surface area contributed by atoms with Crippen LogP contribution in [0, 0.1) is 17.0 Å². The van der Waals surface area contributed by atoms with E-state index in [1.165, 1.54) is 12.0 Å². The molecule has 0 aromatic carbocycles. The number of hydrogen-bond donors (Lipinski definition) is 2. The third kappa shape index (κ3) is 33.7. The Labute approximate surface area is 354 Å². The minimum Gasteiger partial charge on any atom is -0.619 e. The van der Waals surface area contributed by atoms with Gasteiger partial charge in [0.15, 0.2) is 24.9 Å². The Balaban J connectivity index is -0.000000105. The number of rotatable bonds is 11. The topological polar surface area (TPSA) is 160 Å². The summed E-state index contributed by atoms with van der Waals surface area (Å²) in [6, 6.07) is 4.95. The number of nitrogens with two attached hydrogens (primary N) is 1. The fourth-order valence-electron chi connectivity index (χ4n) is 4.50. The van der Waals surface area contributed by atoms with Crippen molar-refractivity contribution in [3.8, 4) is 0 Å². The summed E-state index contributed by atoms with van der Waals surface area (Å²) >= 11 is 0. The highest BCUT2D eigenvalue weighted by Gasteiger charge is 2.23. The molecule has 0 saturated carbocycles. The fraction of sp³-hybridized carbons (Fsp3) is 0.822. The van der Waals surface area contributed by atoms with Crippen LogP contribution in [0.15, 0.2) is 39.7 Å². The van der Waals surface area contributed by atoms with Crippen molar-refractivity contribution in [1.29, 1.82) is 0 Å². The molecule has 4 heterocycles. The Morgan fingerprint density at radius 2 is 1.30 bits per heavy atom. The highest BCUT2D eigenvalue weighted by Crippen LogP contribution is 2.16. The lowest BCUT2D eigenvalue weighted by Gasteiger charge is -2.31. The smallest absolute Gasteiger partial charge is 0.222 e. The monoisotopic (exact) mass is 816 g/mol. The number of nitrogens with zero attached hydrogens (tertiary/aromatic N) is 6. The van der Waals surface area contributed by atoms with Crippen molar-refractivity contribution in [3.05, 3.63) is 35.3 Å². The van der Waals surface area contributed by atoms with Crippen LogP contribution in [0.5, 0.6) is 0 Å². The van der Waals surface area contributed by atoms with Gasteiger partial charge < -0.3 is 25.7 Å². The van der Waals surface area contributed by atoms with Gasteiger partial charge in [-0.25, -0.2) is 4.99 Å². The van der Waals surface area contributed by atoms with Gasteiger partial charge in [0, 0.05) is 62.1 Å². The number of morpholine rings is 1. The third-order valence-electron chi connectivity index (χ3n) is 9.71. The van der Waals surface area contributed by atoms with E-state index in [-0.39, 0.29) is 55.1 Å². The van der Waals surface area contributed by atoms with Crippen molar-refractivity contribution in [3.63, 3.8) is 0 Å². The second kappa shape index (κ2) is 42.6. The Morgan fingerprint density at radius 1 is 0.807 bits per heavy atom. The maximum atomic E-state index is 11.1. The zero-order chi connectivity index (χ0) is 40.1. The number of primary amides is 1. The number of amidine groups is 1. The summed E-state index contributed by atoms with van der Waals surface area (Å²) < 4.78 is 6.06. The molecule has 1 aromatic rings.